The number of H-pyrrole nitrogens is 1. The SMILES string of the molecule is CNC(=O)C(C)(C)Cn1c(=S)[nH]c2cc(F)c(Cl)cc21. The van der Waals surface area contributed by atoms with E-state index in [0.717, 1.165) is 0 Å². The highest BCUT2D eigenvalue weighted by molar-refractivity contribution is 7.71. The second-order valence-electron chi connectivity index (χ2n) is 5.26. The number of hydrogen-bond donors (Lipinski definition) is 2. The number of fused-ring (bicyclic) bond motifs is 1. The Bertz CT molecular complexity index is 735. The summed E-state index contributed by atoms with van der Waals surface area (Å²) in [6.07, 6.45) is 0. The lowest BCUT2D eigenvalue weighted by molar-refractivity contribution is -0.129. The number of benzene rings is 1. The van der Waals surface area contributed by atoms with E-state index < -0.39 is 11.2 Å². The van der Waals surface area contributed by atoms with Gasteiger partial charge in [0.25, 0.3) is 0 Å². The zero-order chi connectivity index (χ0) is 15.1. The second-order valence-corrected chi connectivity index (χ2v) is 6.06. The van der Waals surface area contributed by atoms with Gasteiger partial charge in [0.1, 0.15) is 5.82 Å². The van der Waals surface area contributed by atoms with Crippen LogP contribution in [0.25, 0.3) is 11.0 Å². The van der Waals surface area contributed by atoms with Gasteiger partial charge in [-0.2, -0.15) is 0 Å². The molecule has 0 fully saturated rings. The number of aromatic amines is 1. The Morgan fingerprint density at radius 3 is 2.80 bits per heavy atom. The minimum atomic E-state index is -0.650. The molecule has 0 radical (unpaired) electrons. The third-order valence-electron chi connectivity index (χ3n) is 3.21. The van der Waals surface area contributed by atoms with Gasteiger partial charge in [-0.05, 0) is 32.1 Å². The van der Waals surface area contributed by atoms with Crippen LogP contribution in [0.4, 0.5) is 4.39 Å². The van der Waals surface area contributed by atoms with E-state index >= 15 is 0 Å². The minimum Gasteiger partial charge on any atom is -0.359 e. The highest BCUT2D eigenvalue weighted by Crippen LogP contribution is 2.26. The van der Waals surface area contributed by atoms with E-state index in [4.69, 9.17) is 23.8 Å². The standard InChI is InChI=1S/C13H15ClFN3OS/c1-13(2,11(19)16-3)6-18-10-4-7(14)8(15)5-9(10)17-12(18)20/h4-5H,6H2,1-3H3,(H,16,19)(H,17,20). The monoisotopic (exact) mass is 315 g/mol. The molecule has 4 nitrogen and oxygen atoms in total. The highest BCUT2D eigenvalue weighted by atomic mass is 35.5. The summed E-state index contributed by atoms with van der Waals surface area (Å²) in [5.41, 5.74) is 0.589. The maximum absolute atomic E-state index is 13.5. The molecule has 0 aliphatic rings. The van der Waals surface area contributed by atoms with Crippen molar-refractivity contribution in [3.05, 3.63) is 27.7 Å². The molecule has 0 atom stereocenters. The maximum Gasteiger partial charge on any atom is 0.227 e. The van der Waals surface area contributed by atoms with Crippen LogP contribution in [-0.4, -0.2) is 22.5 Å². The van der Waals surface area contributed by atoms with E-state index in [0.29, 0.717) is 22.3 Å². The van der Waals surface area contributed by atoms with Gasteiger partial charge < -0.3 is 14.9 Å². The molecule has 0 spiro atoms. The van der Waals surface area contributed by atoms with Crippen molar-refractivity contribution in [1.29, 1.82) is 0 Å². The van der Waals surface area contributed by atoms with Gasteiger partial charge in [-0.1, -0.05) is 11.6 Å². The molecule has 0 aliphatic heterocycles. The minimum absolute atomic E-state index is 0.0259. The Labute approximate surface area is 125 Å². The quantitative estimate of drug-likeness (QED) is 0.854. The van der Waals surface area contributed by atoms with Gasteiger partial charge in [-0.3, -0.25) is 4.79 Å². The summed E-state index contributed by atoms with van der Waals surface area (Å²) in [6, 6.07) is 2.81. The largest absolute Gasteiger partial charge is 0.359 e. The molecule has 0 saturated heterocycles. The van der Waals surface area contributed by atoms with Crippen LogP contribution in [0.15, 0.2) is 12.1 Å². The first-order valence-electron chi connectivity index (χ1n) is 6.06. The molecule has 2 N–H and O–H groups in total. The van der Waals surface area contributed by atoms with Crippen LogP contribution in [0.3, 0.4) is 0 Å². The summed E-state index contributed by atoms with van der Waals surface area (Å²) in [5, 5.41) is 2.65. The zero-order valence-corrected chi connectivity index (χ0v) is 13.0. The van der Waals surface area contributed by atoms with Crippen LogP contribution in [-0.2, 0) is 11.3 Å². The van der Waals surface area contributed by atoms with Crippen LogP contribution in [0, 0.1) is 16.0 Å². The number of nitrogens with zero attached hydrogens (tertiary/aromatic N) is 1. The number of carbonyl (C=O) groups excluding carboxylic acids is 1. The van der Waals surface area contributed by atoms with Crippen LogP contribution in [0.5, 0.6) is 0 Å². The zero-order valence-electron chi connectivity index (χ0n) is 11.4. The molecule has 2 rings (SSSR count). The predicted molar refractivity (Wildman–Crippen MR) is 79.9 cm³/mol. The fourth-order valence-corrected chi connectivity index (χ4v) is 2.55. The van der Waals surface area contributed by atoms with Crippen molar-refractivity contribution in [3.8, 4) is 0 Å². The van der Waals surface area contributed by atoms with Crippen molar-refractivity contribution in [2.45, 2.75) is 20.4 Å². The molecule has 7 heteroatoms. The summed E-state index contributed by atoms with van der Waals surface area (Å²) in [5.74, 6) is -0.602. The topological polar surface area (TPSA) is 49.8 Å². The number of aromatic nitrogens is 2. The van der Waals surface area contributed by atoms with Crippen LogP contribution in [0.2, 0.25) is 5.02 Å². The van der Waals surface area contributed by atoms with Crippen LogP contribution < -0.4 is 5.32 Å². The van der Waals surface area contributed by atoms with Crippen molar-refractivity contribution in [1.82, 2.24) is 14.9 Å². The lowest BCUT2D eigenvalue weighted by Gasteiger charge is -2.23. The fraction of sp³-hybridized carbons (Fsp3) is 0.385. The van der Waals surface area contributed by atoms with Crippen LogP contribution in [0.1, 0.15) is 13.8 Å². The average molecular weight is 316 g/mol. The third kappa shape index (κ3) is 2.58. The molecular weight excluding hydrogens is 301 g/mol. The van der Waals surface area contributed by atoms with Crippen molar-refractivity contribution in [3.63, 3.8) is 0 Å². The van der Waals surface area contributed by atoms with E-state index in [1.54, 1.807) is 11.6 Å². The molecule has 0 aliphatic carbocycles. The van der Waals surface area contributed by atoms with Crippen molar-refractivity contribution >= 4 is 40.8 Å². The Hall–Kier alpha value is -1.40. The number of imidazole rings is 1. The molecule has 1 amide bonds. The molecule has 0 saturated carbocycles. The van der Waals surface area contributed by atoms with Gasteiger partial charge >= 0.3 is 0 Å². The molecule has 108 valence electrons. The van der Waals surface area contributed by atoms with Crippen molar-refractivity contribution < 1.29 is 9.18 Å². The van der Waals surface area contributed by atoms with Crippen molar-refractivity contribution in [2.75, 3.05) is 7.05 Å². The smallest absolute Gasteiger partial charge is 0.227 e. The Balaban J connectivity index is 2.55. The summed E-state index contributed by atoms with van der Waals surface area (Å²) in [4.78, 5) is 14.8. The Morgan fingerprint density at radius 2 is 2.20 bits per heavy atom. The maximum atomic E-state index is 13.5. The van der Waals surface area contributed by atoms with Gasteiger partial charge in [0.2, 0.25) is 5.91 Å². The lowest BCUT2D eigenvalue weighted by Crippen LogP contribution is -2.37. The fourth-order valence-electron chi connectivity index (χ4n) is 2.11. The number of halogens is 2. The number of hydrogen-bond acceptors (Lipinski definition) is 2. The summed E-state index contributed by atoms with van der Waals surface area (Å²) >= 11 is 11.1. The predicted octanol–water partition coefficient (Wildman–Crippen LogP) is 3.26. The number of amides is 1. The first-order valence-corrected chi connectivity index (χ1v) is 6.84. The van der Waals surface area contributed by atoms with Gasteiger partial charge in [-0.15, -0.1) is 0 Å². The van der Waals surface area contributed by atoms with E-state index in [1.165, 1.54) is 12.1 Å². The summed E-state index contributed by atoms with van der Waals surface area (Å²) < 4.78 is 15.6. The highest BCUT2D eigenvalue weighted by Gasteiger charge is 2.28. The lowest BCUT2D eigenvalue weighted by atomic mass is 9.92. The third-order valence-corrected chi connectivity index (χ3v) is 3.82. The molecule has 0 unspecified atom stereocenters. The Kier molecular flexibility index (Phi) is 3.88. The van der Waals surface area contributed by atoms with E-state index in [2.05, 4.69) is 10.3 Å². The summed E-state index contributed by atoms with van der Waals surface area (Å²) in [7, 11) is 1.59. The van der Waals surface area contributed by atoms with Gasteiger partial charge in [-0.25, -0.2) is 4.39 Å². The second kappa shape index (κ2) is 5.18. The van der Waals surface area contributed by atoms with Crippen LogP contribution >= 0.6 is 23.8 Å². The summed E-state index contributed by atoms with van der Waals surface area (Å²) in [6.45, 7) is 4.00. The molecule has 0 bridgehead atoms. The number of rotatable bonds is 3. The molecule has 2 aromatic rings. The molecule has 1 aromatic carbocycles. The molecule has 1 aromatic heterocycles. The van der Waals surface area contributed by atoms with E-state index in [-0.39, 0.29) is 10.9 Å². The molecule has 1 heterocycles. The molecular formula is C13H15ClFN3OS. The number of nitrogens with one attached hydrogen (secondary N) is 2. The Morgan fingerprint density at radius 1 is 1.55 bits per heavy atom. The first kappa shape index (κ1) is 15.0. The first-order chi connectivity index (χ1) is 9.26. The van der Waals surface area contributed by atoms with E-state index in [9.17, 15) is 9.18 Å². The normalized spacial score (nSPS) is 11.8. The number of carbonyl (C=O) groups is 1. The van der Waals surface area contributed by atoms with Gasteiger partial charge in [0, 0.05) is 19.7 Å². The van der Waals surface area contributed by atoms with Gasteiger partial charge in [0.05, 0.1) is 21.5 Å². The van der Waals surface area contributed by atoms with Gasteiger partial charge in [0.15, 0.2) is 4.77 Å². The van der Waals surface area contributed by atoms with E-state index in [1.807, 2.05) is 13.8 Å². The van der Waals surface area contributed by atoms with Crippen molar-refractivity contribution in [2.24, 2.45) is 5.41 Å². The molecule has 20 heavy (non-hydrogen) atoms. The average Bonchev–Trinajstić information content (AvgIpc) is 2.65.